The highest BCUT2D eigenvalue weighted by Crippen LogP contribution is 2.13. The summed E-state index contributed by atoms with van der Waals surface area (Å²) in [6.45, 7) is 2.03. The quantitative estimate of drug-likeness (QED) is 0.787. The molecule has 22 heavy (non-hydrogen) atoms. The number of hydrogen-bond acceptors (Lipinski definition) is 6. The van der Waals surface area contributed by atoms with E-state index in [0.29, 0.717) is 0 Å². The minimum absolute atomic E-state index is 0.0507. The zero-order valence-electron chi connectivity index (χ0n) is 12.3. The molecule has 0 unspecified atom stereocenters. The molecule has 0 fully saturated rings. The second-order valence-electron chi connectivity index (χ2n) is 4.53. The highest BCUT2D eigenvalue weighted by molar-refractivity contribution is 7.99. The Morgan fingerprint density at radius 2 is 2.23 bits per heavy atom. The van der Waals surface area contributed by atoms with Crippen molar-refractivity contribution in [2.24, 2.45) is 0 Å². The Kier molecular flexibility index (Phi) is 5.54. The molecule has 116 valence electrons. The molecule has 1 amide bonds. The van der Waals surface area contributed by atoms with Gasteiger partial charge in [0.25, 0.3) is 0 Å². The monoisotopic (exact) mass is 320 g/mol. The molecule has 2 aromatic rings. The molecule has 0 saturated heterocycles. The van der Waals surface area contributed by atoms with Crippen LogP contribution in [-0.4, -0.2) is 39.9 Å². The molecule has 0 aliphatic heterocycles. The first-order valence-electron chi connectivity index (χ1n) is 6.52. The van der Waals surface area contributed by atoms with Crippen molar-refractivity contribution >= 4 is 29.6 Å². The normalized spacial score (nSPS) is 10.3. The van der Waals surface area contributed by atoms with Crippen LogP contribution < -0.4 is 5.32 Å². The molecule has 1 heterocycles. The number of carbonyl (C=O) groups excluding carboxylic acids is 2. The van der Waals surface area contributed by atoms with E-state index in [4.69, 9.17) is 0 Å². The van der Waals surface area contributed by atoms with Crippen molar-refractivity contribution in [3.63, 3.8) is 0 Å². The van der Waals surface area contributed by atoms with Crippen LogP contribution in [0, 0.1) is 6.92 Å². The van der Waals surface area contributed by atoms with Gasteiger partial charge in [0.15, 0.2) is 0 Å². The number of carbonyl (C=O) groups is 2. The number of hydrogen-bond donors (Lipinski definition) is 2. The molecule has 0 bridgehead atoms. The summed E-state index contributed by atoms with van der Waals surface area (Å²) in [6, 6.07) is 8.13. The van der Waals surface area contributed by atoms with Gasteiger partial charge < -0.3 is 4.74 Å². The number of amides is 1. The number of methoxy groups -OCH3 is 1. The van der Waals surface area contributed by atoms with Crippen LogP contribution in [0.5, 0.6) is 0 Å². The number of aromatic nitrogens is 3. The third kappa shape index (κ3) is 4.59. The number of aryl methyl sites for hydroxylation is 1. The Morgan fingerprint density at radius 1 is 1.41 bits per heavy atom. The summed E-state index contributed by atoms with van der Waals surface area (Å²) in [5.74, 6) is 0.161. The van der Waals surface area contributed by atoms with Crippen LogP contribution in [0.2, 0.25) is 0 Å². The highest BCUT2D eigenvalue weighted by atomic mass is 32.2. The highest BCUT2D eigenvalue weighted by Gasteiger charge is 2.13. The number of aromatic amines is 1. The van der Waals surface area contributed by atoms with Gasteiger partial charge in [-0.2, -0.15) is 4.98 Å². The first-order chi connectivity index (χ1) is 10.6. The number of benzene rings is 1. The van der Waals surface area contributed by atoms with Gasteiger partial charge in [-0.15, -0.1) is 16.9 Å². The lowest BCUT2D eigenvalue weighted by molar-refractivity contribution is -0.113. The number of esters is 1. The zero-order chi connectivity index (χ0) is 15.9. The molecule has 0 saturated carbocycles. The average Bonchev–Trinajstić information content (AvgIpc) is 2.95. The smallest absolute Gasteiger partial charge is 0.375 e. The molecule has 0 atom stereocenters. The van der Waals surface area contributed by atoms with E-state index in [1.165, 1.54) is 30.0 Å². The van der Waals surface area contributed by atoms with Crippen LogP contribution in [0.4, 0.5) is 5.95 Å². The van der Waals surface area contributed by atoms with Gasteiger partial charge in [0.2, 0.25) is 17.7 Å². The third-order valence-electron chi connectivity index (χ3n) is 2.70. The molecule has 1 aromatic carbocycles. The van der Waals surface area contributed by atoms with E-state index in [1.54, 1.807) is 0 Å². The number of nitrogens with zero attached hydrogens (tertiary/aromatic N) is 2. The van der Waals surface area contributed by atoms with Crippen LogP contribution >= 0.6 is 11.8 Å². The summed E-state index contributed by atoms with van der Waals surface area (Å²) in [5.41, 5.74) is 2.36. The second-order valence-corrected chi connectivity index (χ2v) is 5.51. The van der Waals surface area contributed by atoms with Gasteiger partial charge in [-0.25, -0.2) is 4.79 Å². The lowest BCUT2D eigenvalue weighted by Gasteiger charge is -2.03. The lowest BCUT2D eigenvalue weighted by atomic mass is 10.2. The molecule has 1 aromatic heterocycles. The summed E-state index contributed by atoms with van der Waals surface area (Å²) in [4.78, 5) is 26.8. The number of thioether (sulfide) groups is 1. The van der Waals surface area contributed by atoms with Crippen LogP contribution in [0.15, 0.2) is 24.3 Å². The summed E-state index contributed by atoms with van der Waals surface area (Å²) < 4.78 is 4.49. The van der Waals surface area contributed by atoms with Crippen molar-refractivity contribution in [1.29, 1.82) is 0 Å². The molecule has 0 aliphatic rings. The number of nitrogens with one attached hydrogen (secondary N) is 2. The number of ether oxygens (including phenoxy) is 1. The number of rotatable bonds is 6. The van der Waals surface area contributed by atoms with Gasteiger partial charge in [0.05, 0.1) is 12.9 Å². The lowest BCUT2D eigenvalue weighted by Crippen LogP contribution is -2.15. The van der Waals surface area contributed by atoms with E-state index < -0.39 is 5.97 Å². The first-order valence-corrected chi connectivity index (χ1v) is 7.68. The Hall–Kier alpha value is -2.35. The predicted molar refractivity (Wildman–Crippen MR) is 83.7 cm³/mol. The number of H-pyrrole nitrogens is 1. The maximum absolute atomic E-state index is 11.8. The van der Waals surface area contributed by atoms with Gasteiger partial charge in [0, 0.05) is 5.75 Å². The van der Waals surface area contributed by atoms with Crippen molar-refractivity contribution in [2.75, 3.05) is 18.2 Å². The zero-order valence-corrected chi connectivity index (χ0v) is 13.1. The van der Waals surface area contributed by atoms with E-state index in [9.17, 15) is 9.59 Å². The molecule has 0 aliphatic carbocycles. The average molecular weight is 320 g/mol. The van der Waals surface area contributed by atoms with Crippen LogP contribution in [0.25, 0.3) is 0 Å². The third-order valence-corrected chi connectivity index (χ3v) is 3.70. The van der Waals surface area contributed by atoms with Crippen LogP contribution in [0.3, 0.4) is 0 Å². The maximum atomic E-state index is 11.8. The molecule has 2 rings (SSSR count). The fourth-order valence-electron chi connectivity index (χ4n) is 1.73. The van der Waals surface area contributed by atoms with Crippen molar-refractivity contribution in [1.82, 2.24) is 15.2 Å². The Balaban J connectivity index is 1.78. The molecule has 0 spiro atoms. The Labute approximate surface area is 131 Å². The van der Waals surface area contributed by atoms with Gasteiger partial charge in [-0.3, -0.25) is 15.2 Å². The molecular formula is C14H16N4O3S. The van der Waals surface area contributed by atoms with E-state index in [1.807, 2.05) is 25.1 Å². The summed E-state index contributed by atoms with van der Waals surface area (Å²) >= 11 is 1.49. The summed E-state index contributed by atoms with van der Waals surface area (Å²) in [7, 11) is 1.24. The summed E-state index contributed by atoms with van der Waals surface area (Å²) in [6.07, 6.45) is 0. The van der Waals surface area contributed by atoms with Gasteiger partial charge in [-0.05, 0) is 12.5 Å². The van der Waals surface area contributed by atoms with E-state index in [0.717, 1.165) is 5.75 Å². The SMILES string of the molecule is COC(=O)c1nc(NC(=O)CSCc2cccc(C)c2)n[nH]1. The largest absolute Gasteiger partial charge is 0.463 e. The standard InChI is InChI=1S/C14H16N4O3S/c1-9-4-3-5-10(6-9)7-22-8-11(19)15-14-16-12(17-18-14)13(20)21-2/h3-6H,7-8H2,1-2H3,(H2,15,16,17,18,19). The first kappa shape index (κ1) is 16.0. The minimum atomic E-state index is -0.637. The van der Waals surface area contributed by atoms with Gasteiger partial charge in [0.1, 0.15) is 0 Å². The van der Waals surface area contributed by atoms with Crippen LogP contribution in [-0.2, 0) is 15.3 Å². The van der Waals surface area contributed by atoms with E-state index in [-0.39, 0.29) is 23.4 Å². The topological polar surface area (TPSA) is 97.0 Å². The fourth-order valence-corrected chi connectivity index (χ4v) is 2.50. The van der Waals surface area contributed by atoms with Crippen molar-refractivity contribution in [3.05, 3.63) is 41.2 Å². The minimum Gasteiger partial charge on any atom is -0.463 e. The second kappa shape index (κ2) is 7.60. The van der Waals surface area contributed by atoms with Gasteiger partial charge in [-0.1, -0.05) is 29.8 Å². The Bertz CT molecular complexity index is 672. The molecule has 7 nitrogen and oxygen atoms in total. The Morgan fingerprint density at radius 3 is 2.95 bits per heavy atom. The molecular weight excluding hydrogens is 304 g/mol. The number of anilines is 1. The van der Waals surface area contributed by atoms with Crippen LogP contribution in [0.1, 0.15) is 21.7 Å². The fraction of sp³-hybridized carbons (Fsp3) is 0.286. The van der Waals surface area contributed by atoms with Gasteiger partial charge >= 0.3 is 5.97 Å². The summed E-state index contributed by atoms with van der Waals surface area (Å²) in [5, 5.41) is 8.64. The van der Waals surface area contributed by atoms with Crippen molar-refractivity contribution in [2.45, 2.75) is 12.7 Å². The predicted octanol–water partition coefficient (Wildman–Crippen LogP) is 1.77. The van der Waals surface area contributed by atoms with Crippen molar-refractivity contribution in [3.8, 4) is 0 Å². The molecule has 2 N–H and O–H groups in total. The maximum Gasteiger partial charge on any atom is 0.375 e. The van der Waals surface area contributed by atoms with Crippen molar-refractivity contribution < 1.29 is 14.3 Å². The van der Waals surface area contributed by atoms with E-state index in [2.05, 4.69) is 31.3 Å². The van der Waals surface area contributed by atoms with E-state index >= 15 is 0 Å². The molecule has 0 radical (unpaired) electrons. The molecule has 8 heteroatoms.